The van der Waals surface area contributed by atoms with Gasteiger partial charge in [-0.05, 0) is 26.2 Å². The Morgan fingerprint density at radius 3 is 2.58 bits per heavy atom. The topological polar surface area (TPSA) is 161 Å². The van der Waals surface area contributed by atoms with Crippen molar-refractivity contribution in [1.82, 2.24) is 13.9 Å². The molecule has 1 amide bonds. The number of rotatable bonds is 9. The second-order valence-corrected chi connectivity index (χ2v) is 9.64. The first-order chi connectivity index (χ1) is 15.6. The number of amides is 1. The molecule has 33 heavy (non-hydrogen) atoms. The van der Waals surface area contributed by atoms with Crippen molar-refractivity contribution in [2.75, 3.05) is 44.0 Å². The zero-order chi connectivity index (χ0) is 24.3. The molecule has 1 saturated heterocycles. The third-order valence-corrected chi connectivity index (χ3v) is 7.47. The number of nitrogens with one attached hydrogen (secondary N) is 1. The lowest BCUT2D eigenvalue weighted by atomic mass is 10.3. The average molecular weight is 484 g/mol. The number of H-pyrrole nitrogens is 1. The zero-order valence-electron chi connectivity index (χ0n) is 18.9. The van der Waals surface area contributed by atoms with E-state index in [1.807, 2.05) is 6.92 Å². The number of hydrogen-bond donors (Lipinski definition) is 2. The van der Waals surface area contributed by atoms with Gasteiger partial charge in [0.25, 0.3) is 11.5 Å². The predicted molar refractivity (Wildman–Crippen MR) is 121 cm³/mol. The minimum atomic E-state index is -3.82. The number of carbonyl (C=O) groups is 1. The van der Waals surface area contributed by atoms with Crippen LogP contribution >= 0.6 is 0 Å². The summed E-state index contributed by atoms with van der Waals surface area (Å²) in [6.07, 6.45) is 2.10. The number of aryl methyl sites for hydroxylation is 1. The molecule has 1 aliphatic heterocycles. The Kier molecular flexibility index (Phi) is 7.44. The van der Waals surface area contributed by atoms with Gasteiger partial charge >= 0.3 is 5.69 Å². The highest BCUT2D eigenvalue weighted by molar-refractivity contribution is 7.89. The van der Waals surface area contributed by atoms with Gasteiger partial charge in [0.2, 0.25) is 10.0 Å². The summed E-state index contributed by atoms with van der Waals surface area (Å²) in [5.41, 5.74) is 4.36. The number of anilines is 2. The Balaban J connectivity index is 2.07. The van der Waals surface area contributed by atoms with Gasteiger partial charge < -0.3 is 14.9 Å². The van der Waals surface area contributed by atoms with E-state index in [0.29, 0.717) is 19.5 Å². The van der Waals surface area contributed by atoms with Crippen molar-refractivity contribution in [3.8, 4) is 0 Å². The first-order valence-corrected chi connectivity index (χ1v) is 12.1. The lowest BCUT2D eigenvalue weighted by molar-refractivity contribution is 0.0947. The van der Waals surface area contributed by atoms with Gasteiger partial charge in [-0.2, -0.15) is 4.31 Å². The third kappa shape index (κ3) is 4.75. The highest BCUT2D eigenvalue weighted by Gasteiger charge is 2.34. The van der Waals surface area contributed by atoms with Crippen molar-refractivity contribution < 1.29 is 22.4 Å². The SMILES string of the molecule is CCCn1c(N)c(N(CCOC)C(=O)c2cc(S(=O)(=O)N3CCCC3)c(C)o2)c(=O)[nH]c1=O. The van der Waals surface area contributed by atoms with Crippen LogP contribution in [0.5, 0.6) is 0 Å². The standard InChI is InChI=1S/C20H29N5O7S/c1-4-7-25-17(21)16(18(26)22-20(25)28)24(10-11-31-3)19(27)14-12-15(13(2)32-14)33(29,30)23-8-5-6-9-23/h12H,4-11,21H2,1-3H3,(H,22,26,28). The molecule has 0 radical (unpaired) electrons. The highest BCUT2D eigenvalue weighted by atomic mass is 32.2. The second-order valence-electron chi connectivity index (χ2n) is 7.74. The van der Waals surface area contributed by atoms with E-state index in [1.165, 1.54) is 22.9 Å². The number of nitrogens with zero attached hydrogens (tertiary/aromatic N) is 3. The van der Waals surface area contributed by atoms with Crippen LogP contribution in [-0.2, 0) is 21.3 Å². The Labute approximate surface area is 191 Å². The molecule has 12 nitrogen and oxygen atoms in total. The molecule has 1 fully saturated rings. The maximum absolute atomic E-state index is 13.4. The van der Waals surface area contributed by atoms with Crippen molar-refractivity contribution in [1.29, 1.82) is 0 Å². The van der Waals surface area contributed by atoms with Gasteiger partial charge in [-0.25, -0.2) is 13.2 Å². The monoisotopic (exact) mass is 483 g/mol. The summed E-state index contributed by atoms with van der Waals surface area (Å²) in [4.78, 5) is 41.3. The zero-order valence-corrected chi connectivity index (χ0v) is 19.7. The molecule has 0 unspecified atom stereocenters. The van der Waals surface area contributed by atoms with Crippen molar-refractivity contribution >= 4 is 27.4 Å². The molecule has 182 valence electrons. The van der Waals surface area contributed by atoms with E-state index in [-0.39, 0.29) is 47.6 Å². The van der Waals surface area contributed by atoms with Gasteiger partial charge in [-0.3, -0.25) is 24.0 Å². The number of sulfonamides is 1. The van der Waals surface area contributed by atoms with Crippen LogP contribution in [0.1, 0.15) is 42.5 Å². The van der Waals surface area contributed by atoms with Crippen LogP contribution < -0.4 is 21.9 Å². The molecule has 1 aliphatic rings. The summed E-state index contributed by atoms with van der Waals surface area (Å²) in [6, 6.07) is 1.16. The molecular weight excluding hydrogens is 454 g/mol. The maximum Gasteiger partial charge on any atom is 0.330 e. The minimum absolute atomic E-state index is 0.0517. The van der Waals surface area contributed by atoms with Crippen molar-refractivity contribution in [3.05, 3.63) is 38.4 Å². The van der Waals surface area contributed by atoms with Crippen LogP contribution in [0.25, 0.3) is 0 Å². The van der Waals surface area contributed by atoms with E-state index in [1.54, 1.807) is 0 Å². The van der Waals surface area contributed by atoms with Crippen LogP contribution in [0, 0.1) is 6.92 Å². The Hall–Kier alpha value is -2.90. The van der Waals surface area contributed by atoms with Crippen LogP contribution in [0.15, 0.2) is 25.0 Å². The number of aromatic amines is 1. The molecule has 0 spiro atoms. The molecule has 3 rings (SSSR count). The number of aromatic nitrogens is 2. The molecule has 3 heterocycles. The Bertz CT molecular complexity index is 1240. The summed E-state index contributed by atoms with van der Waals surface area (Å²) in [7, 11) is -2.40. The van der Waals surface area contributed by atoms with Gasteiger partial charge in [0.1, 0.15) is 16.5 Å². The molecule has 2 aromatic heterocycles. The maximum atomic E-state index is 13.4. The van der Waals surface area contributed by atoms with Gasteiger partial charge in [0.15, 0.2) is 11.4 Å². The molecular formula is C20H29N5O7S. The Morgan fingerprint density at radius 2 is 1.97 bits per heavy atom. The average Bonchev–Trinajstić information content (AvgIpc) is 3.43. The van der Waals surface area contributed by atoms with E-state index >= 15 is 0 Å². The summed E-state index contributed by atoms with van der Waals surface area (Å²) in [5, 5.41) is 0. The van der Waals surface area contributed by atoms with Gasteiger partial charge in [-0.1, -0.05) is 6.92 Å². The summed E-state index contributed by atoms with van der Waals surface area (Å²) in [5.74, 6) is -1.16. The van der Waals surface area contributed by atoms with Crippen molar-refractivity contribution in [3.63, 3.8) is 0 Å². The predicted octanol–water partition coefficient (Wildman–Crippen LogP) is 0.508. The number of carbonyl (C=O) groups excluding carboxylic acids is 1. The minimum Gasteiger partial charge on any atom is -0.455 e. The van der Waals surface area contributed by atoms with Gasteiger partial charge in [0.05, 0.1) is 13.2 Å². The van der Waals surface area contributed by atoms with Crippen LogP contribution in [0.2, 0.25) is 0 Å². The highest BCUT2D eigenvalue weighted by Crippen LogP contribution is 2.28. The summed E-state index contributed by atoms with van der Waals surface area (Å²) in [6.45, 7) is 4.30. The first kappa shape index (κ1) is 24.7. The number of nitrogen functional groups attached to an aromatic ring is 1. The number of furan rings is 1. The smallest absolute Gasteiger partial charge is 0.330 e. The van der Waals surface area contributed by atoms with Crippen LogP contribution in [-0.4, -0.2) is 61.5 Å². The third-order valence-electron chi connectivity index (χ3n) is 5.46. The van der Waals surface area contributed by atoms with Gasteiger partial charge in [-0.15, -0.1) is 0 Å². The van der Waals surface area contributed by atoms with E-state index in [0.717, 1.165) is 23.8 Å². The molecule has 13 heteroatoms. The van der Waals surface area contributed by atoms with Crippen molar-refractivity contribution in [2.45, 2.75) is 44.6 Å². The molecule has 3 N–H and O–H groups in total. The van der Waals surface area contributed by atoms with E-state index in [2.05, 4.69) is 4.98 Å². The molecule has 0 saturated carbocycles. The largest absolute Gasteiger partial charge is 0.455 e. The van der Waals surface area contributed by atoms with E-state index in [4.69, 9.17) is 14.9 Å². The lowest BCUT2D eigenvalue weighted by Gasteiger charge is -2.23. The number of methoxy groups -OCH3 is 1. The normalized spacial score (nSPS) is 14.6. The van der Waals surface area contributed by atoms with Gasteiger partial charge in [0, 0.05) is 32.8 Å². The fraction of sp³-hybridized carbons (Fsp3) is 0.550. The van der Waals surface area contributed by atoms with Crippen molar-refractivity contribution in [2.24, 2.45) is 0 Å². The second kappa shape index (κ2) is 9.93. The molecule has 0 atom stereocenters. The quantitative estimate of drug-likeness (QED) is 0.521. The molecule has 0 bridgehead atoms. The first-order valence-electron chi connectivity index (χ1n) is 10.7. The van der Waals surface area contributed by atoms with Crippen LogP contribution in [0.4, 0.5) is 11.5 Å². The fourth-order valence-electron chi connectivity index (χ4n) is 3.81. The van der Waals surface area contributed by atoms with E-state index < -0.39 is 27.2 Å². The molecule has 2 aromatic rings. The summed E-state index contributed by atoms with van der Waals surface area (Å²) < 4.78 is 39.1. The lowest BCUT2D eigenvalue weighted by Crippen LogP contribution is -2.42. The fourth-order valence-corrected chi connectivity index (χ4v) is 5.49. The number of ether oxygens (including phenoxy) is 1. The summed E-state index contributed by atoms with van der Waals surface area (Å²) >= 11 is 0. The van der Waals surface area contributed by atoms with E-state index in [9.17, 15) is 22.8 Å². The number of nitrogens with two attached hydrogens (primary N) is 1. The molecule has 0 aromatic carbocycles. The van der Waals surface area contributed by atoms with Crippen LogP contribution in [0.3, 0.4) is 0 Å². The Morgan fingerprint density at radius 1 is 1.30 bits per heavy atom. The molecule has 0 aliphatic carbocycles. The number of hydrogen-bond acceptors (Lipinski definition) is 8.